The Morgan fingerprint density at radius 2 is 2.15 bits per heavy atom. The second-order valence-corrected chi connectivity index (χ2v) is 6.90. The van der Waals surface area contributed by atoms with Gasteiger partial charge in [-0.15, -0.1) is 11.8 Å². The zero-order chi connectivity index (χ0) is 14.8. The first-order chi connectivity index (χ1) is 9.56. The quantitative estimate of drug-likeness (QED) is 0.755. The van der Waals surface area contributed by atoms with Gasteiger partial charge in [0.15, 0.2) is 0 Å². The molecule has 0 aromatic heterocycles. The Hall–Kier alpha value is -0.540. The topological polar surface area (TPSA) is 12.0 Å². The molecule has 1 aliphatic carbocycles. The Bertz CT molecular complexity index is 462. The highest BCUT2D eigenvalue weighted by atomic mass is 32.2. The lowest BCUT2D eigenvalue weighted by atomic mass is 9.54. The van der Waals surface area contributed by atoms with Gasteiger partial charge in [-0.25, -0.2) is 4.39 Å². The number of nitrogens with one attached hydrogen (secondary N) is 1. The largest absolute Gasteiger partial charge is 0.313 e. The average Bonchev–Trinajstić information content (AvgIpc) is 2.45. The van der Waals surface area contributed by atoms with Crippen LogP contribution < -0.4 is 5.32 Å². The molecule has 0 spiro atoms. The Kier molecular flexibility index (Phi) is 5.14. The maximum absolute atomic E-state index is 14.0. The van der Waals surface area contributed by atoms with Crippen LogP contribution in [0.5, 0.6) is 0 Å². The van der Waals surface area contributed by atoms with Crippen molar-refractivity contribution in [3.63, 3.8) is 0 Å². The third-order valence-corrected chi connectivity index (χ3v) is 5.82. The van der Waals surface area contributed by atoms with Crippen LogP contribution >= 0.6 is 11.8 Å². The third-order valence-electron chi connectivity index (χ3n) is 5.04. The van der Waals surface area contributed by atoms with E-state index in [0.717, 1.165) is 30.7 Å². The monoisotopic (exact) mass is 295 g/mol. The molecule has 0 heterocycles. The molecule has 1 saturated carbocycles. The summed E-state index contributed by atoms with van der Waals surface area (Å²) >= 11 is 1.47. The molecule has 1 aromatic carbocycles. The molecule has 0 radical (unpaired) electrons. The molecule has 0 aliphatic heterocycles. The summed E-state index contributed by atoms with van der Waals surface area (Å²) in [6.07, 6.45) is 5.34. The van der Waals surface area contributed by atoms with Crippen molar-refractivity contribution in [2.45, 2.75) is 56.9 Å². The van der Waals surface area contributed by atoms with E-state index in [4.69, 9.17) is 0 Å². The highest BCUT2D eigenvalue weighted by Gasteiger charge is 2.50. The summed E-state index contributed by atoms with van der Waals surface area (Å²) in [5.41, 5.74) is 1.42. The predicted octanol–water partition coefficient (Wildman–Crippen LogP) is 4.82. The minimum Gasteiger partial charge on any atom is -0.313 e. The molecular weight excluding hydrogens is 269 g/mol. The van der Waals surface area contributed by atoms with Crippen molar-refractivity contribution >= 4 is 11.8 Å². The van der Waals surface area contributed by atoms with Crippen LogP contribution in [0.15, 0.2) is 23.1 Å². The van der Waals surface area contributed by atoms with Gasteiger partial charge in [-0.2, -0.15) is 0 Å². The molecule has 0 saturated heterocycles. The highest BCUT2D eigenvalue weighted by molar-refractivity contribution is 7.98. The van der Waals surface area contributed by atoms with Crippen LogP contribution in [-0.2, 0) is 0 Å². The molecule has 3 heteroatoms. The summed E-state index contributed by atoms with van der Waals surface area (Å²) in [5.74, 6) is 0.408. The highest BCUT2D eigenvalue weighted by Crippen LogP contribution is 2.55. The van der Waals surface area contributed by atoms with E-state index in [1.165, 1.54) is 17.3 Å². The van der Waals surface area contributed by atoms with Crippen LogP contribution in [0, 0.1) is 11.2 Å². The van der Waals surface area contributed by atoms with Crippen molar-refractivity contribution in [1.82, 2.24) is 5.32 Å². The van der Waals surface area contributed by atoms with Crippen LogP contribution in [-0.4, -0.2) is 18.8 Å². The fourth-order valence-electron chi connectivity index (χ4n) is 3.40. The molecule has 1 aliphatic rings. The first-order valence-electron chi connectivity index (χ1n) is 7.63. The summed E-state index contributed by atoms with van der Waals surface area (Å²) < 4.78 is 14.0. The molecule has 112 valence electrons. The zero-order valence-electron chi connectivity index (χ0n) is 13.0. The van der Waals surface area contributed by atoms with E-state index < -0.39 is 0 Å². The van der Waals surface area contributed by atoms with Crippen LogP contribution in [0.4, 0.5) is 4.39 Å². The molecule has 20 heavy (non-hydrogen) atoms. The maximum Gasteiger partial charge on any atom is 0.137 e. The molecule has 0 bridgehead atoms. The van der Waals surface area contributed by atoms with E-state index in [-0.39, 0.29) is 11.2 Å². The van der Waals surface area contributed by atoms with Gasteiger partial charge in [0, 0.05) is 10.9 Å². The van der Waals surface area contributed by atoms with E-state index >= 15 is 0 Å². The Labute approximate surface area is 126 Å². The zero-order valence-corrected chi connectivity index (χ0v) is 13.8. The van der Waals surface area contributed by atoms with E-state index in [1.54, 1.807) is 6.07 Å². The van der Waals surface area contributed by atoms with Crippen LogP contribution in [0.1, 0.15) is 51.5 Å². The molecule has 0 amide bonds. The smallest absolute Gasteiger partial charge is 0.137 e. The van der Waals surface area contributed by atoms with Crippen LogP contribution in [0.25, 0.3) is 0 Å². The fraction of sp³-hybridized carbons (Fsp3) is 0.647. The number of halogens is 1. The molecular formula is C17H26FNS. The summed E-state index contributed by atoms with van der Waals surface area (Å²) in [5, 5.41) is 3.65. The van der Waals surface area contributed by atoms with E-state index in [2.05, 4.69) is 32.2 Å². The standard InChI is InChI=1S/C17H26FNS/c1-5-9-19-16-11-13(17(16,3)6-2)12-7-8-15(20-4)14(18)10-12/h7-8,10,13,16,19H,5-6,9,11H2,1-4H3. The molecule has 1 fully saturated rings. The minimum atomic E-state index is -0.0709. The average molecular weight is 295 g/mol. The van der Waals surface area contributed by atoms with Gasteiger partial charge in [-0.1, -0.05) is 26.8 Å². The molecule has 1 nitrogen and oxygen atoms in total. The van der Waals surface area contributed by atoms with Gasteiger partial charge in [0.2, 0.25) is 0 Å². The minimum absolute atomic E-state index is 0.0709. The first kappa shape index (κ1) is 15.8. The van der Waals surface area contributed by atoms with Crippen molar-refractivity contribution in [3.05, 3.63) is 29.6 Å². The molecule has 3 atom stereocenters. The second kappa shape index (κ2) is 6.48. The van der Waals surface area contributed by atoms with Crippen molar-refractivity contribution in [2.24, 2.45) is 5.41 Å². The molecule has 3 unspecified atom stereocenters. The summed E-state index contributed by atoms with van der Waals surface area (Å²) in [7, 11) is 0. The normalized spacial score (nSPS) is 29.2. The van der Waals surface area contributed by atoms with Gasteiger partial charge in [0.1, 0.15) is 5.82 Å². The van der Waals surface area contributed by atoms with Gasteiger partial charge in [-0.3, -0.25) is 0 Å². The van der Waals surface area contributed by atoms with Gasteiger partial charge in [0.25, 0.3) is 0 Å². The fourth-order valence-corrected chi connectivity index (χ4v) is 3.86. The third kappa shape index (κ3) is 2.75. The van der Waals surface area contributed by atoms with E-state index in [1.807, 2.05) is 12.3 Å². The lowest BCUT2D eigenvalue weighted by molar-refractivity contribution is 0.0443. The first-order valence-corrected chi connectivity index (χ1v) is 8.86. The number of hydrogen-bond acceptors (Lipinski definition) is 2. The van der Waals surface area contributed by atoms with Gasteiger partial charge in [0.05, 0.1) is 0 Å². The second-order valence-electron chi connectivity index (χ2n) is 6.05. The van der Waals surface area contributed by atoms with Gasteiger partial charge < -0.3 is 5.32 Å². The van der Waals surface area contributed by atoms with Crippen molar-refractivity contribution < 1.29 is 4.39 Å². The number of thioether (sulfide) groups is 1. The van der Waals surface area contributed by atoms with Crippen molar-refractivity contribution in [3.8, 4) is 0 Å². The summed E-state index contributed by atoms with van der Waals surface area (Å²) in [6, 6.07) is 6.36. The molecule has 1 N–H and O–H groups in total. The van der Waals surface area contributed by atoms with Gasteiger partial charge >= 0.3 is 0 Å². The SMILES string of the molecule is CCCNC1CC(c2ccc(SC)c(F)c2)C1(C)CC. The number of benzene rings is 1. The number of rotatable bonds is 6. The van der Waals surface area contributed by atoms with Crippen LogP contribution in [0.2, 0.25) is 0 Å². The molecule has 2 rings (SSSR count). The van der Waals surface area contributed by atoms with E-state index in [9.17, 15) is 4.39 Å². The Morgan fingerprint density at radius 3 is 2.70 bits per heavy atom. The Balaban J connectivity index is 2.15. The predicted molar refractivity (Wildman–Crippen MR) is 86.0 cm³/mol. The maximum atomic E-state index is 14.0. The summed E-state index contributed by atoms with van der Waals surface area (Å²) in [4.78, 5) is 0.743. The lowest BCUT2D eigenvalue weighted by Crippen LogP contribution is -2.56. The lowest BCUT2D eigenvalue weighted by Gasteiger charge is -2.55. The molecule has 1 aromatic rings. The number of hydrogen-bond donors (Lipinski definition) is 1. The van der Waals surface area contributed by atoms with Crippen LogP contribution in [0.3, 0.4) is 0 Å². The van der Waals surface area contributed by atoms with Crippen molar-refractivity contribution in [1.29, 1.82) is 0 Å². The van der Waals surface area contributed by atoms with E-state index in [0.29, 0.717) is 12.0 Å². The van der Waals surface area contributed by atoms with Gasteiger partial charge in [-0.05, 0) is 61.1 Å². The Morgan fingerprint density at radius 1 is 1.40 bits per heavy atom. The van der Waals surface area contributed by atoms with Crippen molar-refractivity contribution in [2.75, 3.05) is 12.8 Å². The summed E-state index contributed by atoms with van der Waals surface area (Å²) in [6.45, 7) is 7.87.